The van der Waals surface area contributed by atoms with Crippen LogP contribution in [0.2, 0.25) is 0 Å². The second kappa shape index (κ2) is 7.40. The summed E-state index contributed by atoms with van der Waals surface area (Å²) in [6.45, 7) is 3.90. The van der Waals surface area contributed by atoms with Crippen molar-refractivity contribution in [3.05, 3.63) is 0 Å². The number of aliphatic hydroxyl groups is 4. The summed E-state index contributed by atoms with van der Waals surface area (Å²) in [6.07, 6.45) is -1.58. The molecular formula is C13H26O5. The average molecular weight is 262 g/mol. The van der Waals surface area contributed by atoms with E-state index >= 15 is 0 Å². The third-order valence-corrected chi connectivity index (χ3v) is 3.61. The van der Waals surface area contributed by atoms with Crippen molar-refractivity contribution in [2.45, 2.75) is 82.6 Å². The molecule has 4 N–H and O–H groups in total. The van der Waals surface area contributed by atoms with Crippen molar-refractivity contribution in [2.24, 2.45) is 0 Å². The van der Waals surface area contributed by atoms with Gasteiger partial charge in [0.25, 0.3) is 0 Å². The molecule has 0 aromatic carbocycles. The molecule has 5 nitrogen and oxygen atoms in total. The Morgan fingerprint density at radius 1 is 1.00 bits per heavy atom. The Hall–Kier alpha value is -0.200. The van der Waals surface area contributed by atoms with E-state index in [0.717, 1.165) is 12.8 Å². The van der Waals surface area contributed by atoms with Crippen molar-refractivity contribution in [3.8, 4) is 0 Å². The van der Waals surface area contributed by atoms with Crippen LogP contribution in [0.25, 0.3) is 0 Å². The molecule has 0 spiro atoms. The minimum absolute atomic E-state index is 0.293. The second-order valence-corrected chi connectivity index (χ2v) is 5.12. The zero-order valence-corrected chi connectivity index (χ0v) is 11.2. The zero-order valence-electron chi connectivity index (χ0n) is 11.2. The van der Waals surface area contributed by atoms with Gasteiger partial charge in [-0.1, -0.05) is 26.7 Å². The van der Waals surface area contributed by atoms with E-state index in [9.17, 15) is 20.4 Å². The summed E-state index contributed by atoms with van der Waals surface area (Å²) in [7, 11) is 0. The first-order chi connectivity index (χ1) is 8.51. The molecule has 0 bridgehead atoms. The Morgan fingerprint density at radius 3 is 2.17 bits per heavy atom. The Labute approximate surface area is 108 Å². The molecule has 0 aromatic rings. The van der Waals surface area contributed by atoms with Crippen LogP contribution in [0.4, 0.5) is 0 Å². The van der Waals surface area contributed by atoms with E-state index in [1.165, 1.54) is 0 Å². The van der Waals surface area contributed by atoms with Crippen molar-refractivity contribution < 1.29 is 25.2 Å². The molecule has 1 rings (SSSR count). The highest BCUT2D eigenvalue weighted by Gasteiger charge is 2.43. The molecule has 1 aliphatic heterocycles. The minimum atomic E-state index is -1.20. The van der Waals surface area contributed by atoms with Gasteiger partial charge in [0.2, 0.25) is 0 Å². The summed E-state index contributed by atoms with van der Waals surface area (Å²) in [5.41, 5.74) is 0. The van der Waals surface area contributed by atoms with Gasteiger partial charge >= 0.3 is 0 Å². The quantitative estimate of drug-likeness (QED) is 0.548. The highest BCUT2D eigenvalue weighted by Crippen LogP contribution is 2.26. The second-order valence-electron chi connectivity index (χ2n) is 5.12. The molecule has 1 fully saturated rings. The van der Waals surface area contributed by atoms with Gasteiger partial charge in [0.15, 0.2) is 0 Å². The largest absolute Gasteiger partial charge is 0.393 e. The van der Waals surface area contributed by atoms with Crippen molar-refractivity contribution in [1.82, 2.24) is 0 Å². The summed E-state index contributed by atoms with van der Waals surface area (Å²) in [4.78, 5) is 0. The third-order valence-electron chi connectivity index (χ3n) is 3.61. The molecule has 0 radical (unpaired) electrons. The molecule has 0 aliphatic carbocycles. The molecule has 1 heterocycles. The van der Waals surface area contributed by atoms with Gasteiger partial charge in [-0.25, -0.2) is 0 Å². The molecule has 0 saturated carbocycles. The van der Waals surface area contributed by atoms with Gasteiger partial charge in [-0.05, 0) is 12.8 Å². The van der Waals surface area contributed by atoms with Crippen molar-refractivity contribution in [1.29, 1.82) is 0 Å². The van der Waals surface area contributed by atoms with Gasteiger partial charge in [0.05, 0.1) is 18.3 Å². The molecular weight excluding hydrogens is 236 g/mol. The topological polar surface area (TPSA) is 90.2 Å². The first-order valence-electron chi connectivity index (χ1n) is 6.88. The highest BCUT2D eigenvalue weighted by atomic mass is 16.5. The monoisotopic (exact) mass is 262 g/mol. The van der Waals surface area contributed by atoms with Crippen LogP contribution in [0.1, 0.15) is 46.0 Å². The Kier molecular flexibility index (Phi) is 6.52. The van der Waals surface area contributed by atoms with Gasteiger partial charge < -0.3 is 25.2 Å². The smallest absolute Gasteiger partial charge is 0.111 e. The fraction of sp³-hybridized carbons (Fsp3) is 1.00. The molecule has 18 heavy (non-hydrogen) atoms. The van der Waals surface area contributed by atoms with Gasteiger partial charge in [-0.15, -0.1) is 0 Å². The van der Waals surface area contributed by atoms with Crippen LogP contribution in [-0.4, -0.2) is 57.0 Å². The Morgan fingerprint density at radius 2 is 1.61 bits per heavy atom. The zero-order chi connectivity index (χ0) is 13.7. The van der Waals surface area contributed by atoms with Crippen LogP contribution in [0.5, 0.6) is 0 Å². The summed E-state index contributed by atoms with van der Waals surface area (Å²) < 4.78 is 5.56. The van der Waals surface area contributed by atoms with E-state index in [0.29, 0.717) is 19.3 Å². The van der Waals surface area contributed by atoms with E-state index in [4.69, 9.17) is 4.74 Å². The maximum atomic E-state index is 9.85. The number of rotatable bonds is 6. The minimum Gasteiger partial charge on any atom is -0.393 e. The average Bonchev–Trinajstić information content (AvgIpc) is 2.37. The van der Waals surface area contributed by atoms with Crippen LogP contribution in [0, 0.1) is 0 Å². The van der Waals surface area contributed by atoms with E-state index in [-0.39, 0.29) is 0 Å². The van der Waals surface area contributed by atoms with E-state index in [1.54, 1.807) is 0 Å². The molecule has 1 aliphatic rings. The van der Waals surface area contributed by atoms with Gasteiger partial charge in [-0.3, -0.25) is 0 Å². The lowest BCUT2D eigenvalue weighted by molar-refractivity contribution is -0.227. The number of ether oxygens (including phenoxy) is 1. The van der Waals surface area contributed by atoms with E-state index in [1.807, 2.05) is 13.8 Å². The molecule has 6 unspecified atom stereocenters. The molecule has 1 saturated heterocycles. The molecule has 0 aromatic heterocycles. The lowest BCUT2D eigenvalue weighted by atomic mass is 9.90. The van der Waals surface area contributed by atoms with Crippen molar-refractivity contribution >= 4 is 0 Å². The predicted octanol–water partition coefficient (Wildman–Crippen LogP) is 0.188. The molecule has 6 atom stereocenters. The molecule has 108 valence electrons. The molecule has 5 heteroatoms. The predicted molar refractivity (Wildman–Crippen MR) is 67.1 cm³/mol. The lowest BCUT2D eigenvalue weighted by Crippen LogP contribution is -2.57. The summed E-state index contributed by atoms with van der Waals surface area (Å²) in [5.74, 6) is 0. The number of hydrogen-bond donors (Lipinski definition) is 4. The standard InChI is InChI=1S/C13H26O5/c1-3-5-6-8(14)7-10-12(16)13(17)11(15)9(4-2)18-10/h8-17H,3-7H2,1-2H3. The highest BCUT2D eigenvalue weighted by molar-refractivity contribution is 4.92. The number of aliphatic hydroxyl groups excluding tert-OH is 4. The maximum Gasteiger partial charge on any atom is 0.111 e. The maximum absolute atomic E-state index is 9.85. The van der Waals surface area contributed by atoms with E-state index < -0.39 is 36.6 Å². The summed E-state index contributed by atoms with van der Waals surface area (Å²) in [5, 5.41) is 39.1. The fourth-order valence-electron chi connectivity index (χ4n) is 2.39. The summed E-state index contributed by atoms with van der Waals surface area (Å²) >= 11 is 0. The Balaban J connectivity index is 2.53. The summed E-state index contributed by atoms with van der Waals surface area (Å²) in [6, 6.07) is 0. The van der Waals surface area contributed by atoms with Gasteiger partial charge in [-0.2, -0.15) is 0 Å². The van der Waals surface area contributed by atoms with Gasteiger partial charge in [0, 0.05) is 6.42 Å². The van der Waals surface area contributed by atoms with Crippen LogP contribution >= 0.6 is 0 Å². The normalized spacial score (nSPS) is 38.7. The number of hydrogen-bond acceptors (Lipinski definition) is 5. The van der Waals surface area contributed by atoms with Crippen LogP contribution in [-0.2, 0) is 4.74 Å². The SMILES string of the molecule is CCCCC(O)CC1OC(CC)C(O)C(O)C1O. The fourth-order valence-corrected chi connectivity index (χ4v) is 2.39. The van der Waals surface area contributed by atoms with Crippen LogP contribution < -0.4 is 0 Å². The molecule has 0 amide bonds. The van der Waals surface area contributed by atoms with Crippen molar-refractivity contribution in [3.63, 3.8) is 0 Å². The van der Waals surface area contributed by atoms with Crippen molar-refractivity contribution in [2.75, 3.05) is 0 Å². The first kappa shape index (κ1) is 15.9. The number of unbranched alkanes of at least 4 members (excludes halogenated alkanes) is 1. The van der Waals surface area contributed by atoms with Crippen LogP contribution in [0.3, 0.4) is 0 Å². The first-order valence-corrected chi connectivity index (χ1v) is 6.88. The third kappa shape index (κ3) is 3.90. The van der Waals surface area contributed by atoms with Gasteiger partial charge in [0.1, 0.15) is 18.3 Å². The Bertz CT molecular complexity index is 233. The van der Waals surface area contributed by atoms with Crippen LogP contribution in [0.15, 0.2) is 0 Å². The lowest BCUT2D eigenvalue weighted by Gasteiger charge is -2.41. The van der Waals surface area contributed by atoms with E-state index in [2.05, 4.69) is 0 Å².